The van der Waals surface area contributed by atoms with Crippen molar-refractivity contribution in [2.75, 3.05) is 12.3 Å². The summed E-state index contributed by atoms with van der Waals surface area (Å²) < 4.78 is 40.3. The molecule has 20 heavy (non-hydrogen) atoms. The van der Waals surface area contributed by atoms with E-state index in [1.54, 1.807) is 11.3 Å². The minimum Gasteiger partial charge on any atom is -0.399 e. The molecule has 0 radical (unpaired) electrons. The van der Waals surface area contributed by atoms with Crippen LogP contribution in [0.4, 0.5) is 10.1 Å². The van der Waals surface area contributed by atoms with Crippen molar-refractivity contribution in [1.82, 2.24) is 4.72 Å². The van der Waals surface area contributed by atoms with Crippen LogP contribution < -0.4 is 10.5 Å². The van der Waals surface area contributed by atoms with Gasteiger partial charge >= 0.3 is 0 Å². The van der Waals surface area contributed by atoms with Gasteiger partial charge in [-0.3, -0.25) is 0 Å². The molecule has 1 aromatic carbocycles. The fourth-order valence-corrected chi connectivity index (χ4v) is 3.82. The van der Waals surface area contributed by atoms with E-state index in [1.165, 1.54) is 13.0 Å². The maximum Gasteiger partial charge on any atom is 0.241 e. The molecule has 108 valence electrons. The molecule has 4 nitrogen and oxygen atoms in total. The number of nitrogen functional groups attached to an aromatic ring is 1. The topological polar surface area (TPSA) is 72.2 Å². The van der Waals surface area contributed by atoms with Crippen LogP contribution in [0.5, 0.6) is 0 Å². The van der Waals surface area contributed by atoms with Crippen LogP contribution in [0.3, 0.4) is 0 Å². The molecule has 0 bridgehead atoms. The lowest BCUT2D eigenvalue weighted by Crippen LogP contribution is -2.27. The highest BCUT2D eigenvalue weighted by molar-refractivity contribution is 7.89. The third-order valence-electron chi connectivity index (χ3n) is 2.89. The number of thiophene rings is 1. The second-order valence-electron chi connectivity index (χ2n) is 4.41. The molecule has 1 heterocycles. The lowest BCUT2D eigenvalue weighted by Gasteiger charge is -2.10. The molecule has 0 saturated carbocycles. The summed E-state index contributed by atoms with van der Waals surface area (Å²) in [6.07, 6.45) is 0.590. The lowest BCUT2D eigenvalue weighted by atomic mass is 10.2. The molecule has 0 amide bonds. The Labute approximate surface area is 121 Å². The number of hydrogen-bond acceptors (Lipinski definition) is 4. The van der Waals surface area contributed by atoms with Crippen LogP contribution in [0.1, 0.15) is 11.1 Å². The molecule has 2 rings (SSSR count). The maximum absolute atomic E-state index is 13.5. The lowest BCUT2D eigenvalue weighted by molar-refractivity contribution is 0.575. The Morgan fingerprint density at radius 2 is 2.15 bits per heavy atom. The van der Waals surface area contributed by atoms with E-state index < -0.39 is 15.8 Å². The molecule has 0 fully saturated rings. The van der Waals surface area contributed by atoms with Gasteiger partial charge in [-0.15, -0.1) is 0 Å². The molecule has 0 unspecified atom stereocenters. The van der Waals surface area contributed by atoms with Crippen molar-refractivity contribution in [1.29, 1.82) is 0 Å². The summed E-state index contributed by atoms with van der Waals surface area (Å²) in [5.74, 6) is -0.622. The van der Waals surface area contributed by atoms with E-state index in [9.17, 15) is 12.8 Å². The summed E-state index contributed by atoms with van der Waals surface area (Å²) in [5.41, 5.74) is 6.72. The van der Waals surface area contributed by atoms with Crippen LogP contribution in [0.2, 0.25) is 0 Å². The van der Waals surface area contributed by atoms with E-state index in [0.29, 0.717) is 6.42 Å². The Hall–Kier alpha value is -1.44. The highest BCUT2D eigenvalue weighted by atomic mass is 32.2. The number of nitrogens with one attached hydrogen (secondary N) is 1. The standard InChI is InChI=1S/C13H15FN2O2S2/c1-9-12(14)6-11(15)7-13(9)20(17,18)16-4-2-10-3-5-19-8-10/h3,5-8,16H,2,4,15H2,1H3. The average molecular weight is 314 g/mol. The number of hydrogen-bond donors (Lipinski definition) is 2. The summed E-state index contributed by atoms with van der Waals surface area (Å²) in [6.45, 7) is 1.68. The number of halogens is 1. The Morgan fingerprint density at radius 1 is 1.40 bits per heavy atom. The zero-order valence-electron chi connectivity index (χ0n) is 10.9. The Kier molecular flexibility index (Phi) is 4.42. The molecule has 0 aliphatic heterocycles. The van der Waals surface area contributed by atoms with E-state index in [2.05, 4.69) is 4.72 Å². The first-order chi connectivity index (χ1) is 9.40. The zero-order valence-corrected chi connectivity index (χ0v) is 12.5. The van der Waals surface area contributed by atoms with E-state index in [4.69, 9.17) is 5.73 Å². The smallest absolute Gasteiger partial charge is 0.241 e. The Balaban J connectivity index is 2.14. The molecular formula is C13H15FN2O2S2. The predicted octanol–water partition coefficient (Wildman–Crippen LogP) is 2.30. The molecule has 0 spiro atoms. The van der Waals surface area contributed by atoms with Crippen LogP contribution in [-0.4, -0.2) is 15.0 Å². The highest BCUT2D eigenvalue weighted by Gasteiger charge is 2.19. The van der Waals surface area contributed by atoms with Crippen molar-refractivity contribution in [3.8, 4) is 0 Å². The predicted molar refractivity (Wildman–Crippen MR) is 78.8 cm³/mol. The maximum atomic E-state index is 13.5. The Bertz CT molecular complexity index is 697. The van der Waals surface area contributed by atoms with Crippen molar-refractivity contribution < 1.29 is 12.8 Å². The molecule has 0 aliphatic rings. The molecule has 0 aliphatic carbocycles. The normalized spacial score (nSPS) is 11.7. The van der Waals surface area contributed by atoms with E-state index in [-0.39, 0.29) is 22.7 Å². The van der Waals surface area contributed by atoms with Crippen LogP contribution >= 0.6 is 11.3 Å². The van der Waals surface area contributed by atoms with Crippen molar-refractivity contribution in [3.05, 3.63) is 45.9 Å². The summed E-state index contributed by atoms with van der Waals surface area (Å²) in [7, 11) is -3.76. The van der Waals surface area contributed by atoms with Gasteiger partial charge in [0.1, 0.15) is 5.82 Å². The highest BCUT2D eigenvalue weighted by Crippen LogP contribution is 2.21. The number of benzene rings is 1. The molecular weight excluding hydrogens is 299 g/mol. The number of anilines is 1. The monoisotopic (exact) mass is 314 g/mol. The van der Waals surface area contributed by atoms with Gasteiger partial charge in [-0.1, -0.05) is 0 Å². The SMILES string of the molecule is Cc1c(F)cc(N)cc1S(=O)(=O)NCCc1ccsc1. The van der Waals surface area contributed by atoms with Gasteiger partial charge in [-0.2, -0.15) is 11.3 Å². The minimum atomic E-state index is -3.76. The van der Waals surface area contributed by atoms with Gasteiger partial charge < -0.3 is 5.73 Å². The second kappa shape index (κ2) is 5.90. The molecule has 0 saturated heterocycles. The molecule has 1 aromatic heterocycles. The van der Waals surface area contributed by atoms with Gasteiger partial charge in [-0.25, -0.2) is 17.5 Å². The van der Waals surface area contributed by atoms with Gasteiger partial charge in [0.15, 0.2) is 0 Å². The quantitative estimate of drug-likeness (QED) is 0.832. The third-order valence-corrected chi connectivity index (χ3v) is 5.21. The van der Waals surface area contributed by atoms with E-state index in [1.807, 2.05) is 16.8 Å². The van der Waals surface area contributed by atoms with Gasteiger partial charge in [0.2, 0.25) is 10.0 Å². The second-order valence-corrected chi connectivity index (χ2v) is 6.92. The first-order valence-electron chi connectivity index (χ1n) is 5.96. The Morgan fingerprint density at radius 3 is 2.80 bits per heavy atom. The first kappa shape index (κ1) is 15.0. The van der Waals surface area contributed by atoms with Crippen molar-refractivity contribution in [2.45, 2.75) is 18.2 Å². The van der Waals surface area contributed by atoms with Crippen molar-refractivity contribution in [3.63, 3.8) is 0 Å². The number of sulfonamides is 1. The van der Waals surface area contributed by atoms with Crippen LogP contribution in [0.25, 0.3) is 0 Å². The number of rotatable bonds is 5. The third kappa shape index (κ3) is 3.36. The molecule has 7 heteroatoms. The van der Waals surface area contributed by atoms with Gasteiger partial charge in [0.05, 0.1) is 4.90 Å². The first-order valence-corrected chi connectivity index (χ1v) is 8.39. The van der Waals surface area contributed by atoms with Crippen molar-refractivity contribution >= 4 is 27.0 Å². The van der Waals surface area contributed by atoms with Crippen LogP contribution in [0, 0.1) is 12.7 Å². The van der Waals surface area contributed by atoms with Gasteiger partial charge in [0, 0.05) is 17.8 Å². The van der Waals surface area contributed by atoms with Gasteiger partial charge in [-0.05, 0) is 47.9 Å². The molecule has 0 atom stereocenters. The van der Waals surface area contributed by atoms with Gasteiger partial charge in [0.25, 0.3) is 0 Å². The molecule has 3 N–H and O–H groups in total. The fraction of sp³-hybridized carbons (Fsp3) is 0.231. The summed E-state index contributed by atoms with van der Waals surface area (Å²) in [4.78, 5) is -0.111. The summed E-state index contributed by atoms with van der Waals surface area (Å²) >= 11 is 1.56. The van der Waals surface area contributed by atoms with E-state index >= 15 is 0 Å². The molecule has 2 aromatic rings. The zero-order chi connectivity index (χ0) is 14.8. The fourth-order valence-electron chi connectivity index (χ4n) is 1.80. The summed E-state index contributed by atoms with van der Waals surface area (Å²) in [6, 6.07) is 4.31. The van der Waals surface area contributed by atoms with Crippen LogP contribution in [-0.2, 0) is 16.4 Å². The minimum absolute atomic E-state index is 0.0715. The summed E-state index contributed by atoms with van der Waals surface area (Å²) in [5, 5.41) is 3.89. The van der Waals surface area contributed by atoms with Crippen molar-refractivity contribution in [2.24, 2.45) is 0 Å². The number of nitrogens with two attached hydrogens (primary N) is 1. The van der Waals surface area contributed by atoms with E-state index in [0.717, 1.165) is 11.6 Å². The average Bonchev–Trinajstić information content (AvgIpc) is 2.86. The van der Waals surface area contributed by atoms with Crippen LogP contribution in [0.15, 0.2) is 33.9 Å². The largest absolute Gasteiger partial charge is 0.399 e.